The molecule has 2 aromatic carbocycles. The molecule has 34 heavy (non-hydrogen) atoms. The monoisotopic (exact) mass is 465 g/mol. The van der Waals surface area contributed by atoms with Crippen LogP contribution < -0.4 is 14.5 Å². The van der Waals surface area contributed by atoms with E-state index in [4.69, 9.17) is 4.74 Å². The summed E-state index contributed by atoms with van der Waals surface area (Å²) in [7, 11) is 1.70. The van der Waals surface area contributed by atoms with Crippen LogP contribution in [0, 0.1) is 17.7 Å². The number of benzene rings is 2. The van der Waals surface area contributed by atoms with Gasteiger partial charge in [-0.3, -0.25) is 4.79 Å². The Morgan fingerprint density at radius 3 is 2.62 bits per heavy atom. The van der Waals surface area contributed by atoms with Gasteiger partial charge in [0.2, 0.25) is 0 Å². The number of fused-ring (bicyclic) bond motifs is 1. The van der Waals surface area contributed by atoms with E-state index in [1.165, 1.54) is 30.4 Å². The summed E-state index contributed by atoms with van der Waals surface area (Å²) in [6.45, 7) is 7.10. The lowest BCUT2D eigenvalue weighted by molar-refractivity contribution is 0.0993. The summed E-state index contributed by atoms with van der Waals surface area (Å²) in [5.41, 5.74) is 1.78. The number of ether oxygens (including phenoxy) is 1. The van der Waals surface area contributed by atoms with E-state index in [9.17, 15) is 4.79 Å². The van der Waals surface area contributed by atoms with E-state index in [0.717, 1.165) is 50.6 Å². The maximum absolute atomic E-state index is 15.3. The highest BCUT2D eigenvalue weighted by Gasteiger charge is 2.43. The van der Waals surface area contributed by atoms with Crippen LogP contribution in [-0.4, -0.2) is 56.7 Å². The van der Waals surface area contributed by atoms with Crippen molar-refractivity contribution < 1.29 is 13.9 Å². The molecule has 2 aromatic rings. The molecule has 0 bridgehead atoms. The second-order valence-corrected chi connectivity index (χ2v) is 10.2. The van der Waals surface area contributed by atoms with Crippen molar-refractivity contribution >= 4 is 17.3 Å². The molecule has 0 radical (unpaired) electrons. The molecule has 2 aliphatic heterocycles. The highest BCUT2D eigenvalue weighted by Crippen LogP contribution is 2.39. The Morgan fingerprint density at radius 1 is 1.12 bits per heavy atom. The van der Waals surface area contributed by atoms with Crippen LogP contribution in [0.5, 0.6) is 5.75 Å². The van der Waals surface area contributed by atoms with Gasteiger partial charge in [-0.05, 0) is 80.0 Å². The summed E-state index contributed by atoms with van der Waals surface area (Å²) in [5.74, 6) is 1.87. The first kappa shape index (κ1) is 23.2. The van der Waals surface area contributed by atoms with Gasteiger partial charge in [-0.15, -0.1) is 0 Å². The number of likely N-dealkylation sites (tertiary alicyclic amines) is 1. The third kappa shape index (κ3) is 4.92. The van der Waals surface area contributed by atoms with Crippen LogP contribution in [-0.2, 0) is 0 Å². The highest BCUT2D eigenvalue weighted by atomic mass is 19.1. The average Bonchev–Trinajstić information content (AvgIpc) is 3.44. The van der Waals surface area contributed by atoms with Crippen LogP contribution in [0.3, 0.4) is 0 Å². The first-order chi connectivity index (χ1) is 16.5. The lowest BCUT2D eigenvalue weighted by atomic mass is 10.0. The third-order valence-electron chi connectivity index (χ3n) is 7.64. The molecule has 5 nitrogen and oxygen atoms in total. The minimum atomic E-state index is -0.252. The molecule has 3 fully saturated rings. The zero-order chi connectivity index (χ0) is 23.7. The van der Waals surface area contributed by atoms with Crippen molar-refractivity contribution in [3.05, 3.63) is 53.8 Å². The predicted octanol–water partition coefficient (Wildman–Crippen LogP) is 5.20. The van der Waals surface area contributed by atoms with Crippen LogP contribution in [0.2, 0.25) is 0 Å². The number of unbranched alkanes of at least 4 members (excludes halogenated alkanes) is 1. The number of rotatable bonds is 9. The van der Waals surface area contributed by atoms with Gasteiger partial charge in [-0.2, -0.15) is 0 Å². The summed E-state index contributed by atoms with van der Waals surface area (Å²) >= 11 is 0. The van der Waals surface area contributed by atoms with Gasteiger partial charge in [0.25, 0.3) is 5.91 Å². The van der Waals surface area contributed by atoms with Crippen molar-refractivity contribution in [2.75, 3.05) is 49.6 Å². The summed E-state index contributed by atoms with van der Waals surface area (Å²) in [6.07, 6.45) is 5.95. The second kappa shape index (κ2) is 9.95. The molecule has 1 aliphatic carbocycles. The maximum Gasteiger partial charge on any atom is 0.258 e. The number of hydrogen-bond donors (Lipinski definition) is 0. The predicted molar refractivity (Wildman–Crippen MR) is 134 cm³/mol. The number of carbonyl (C=O) groups is 1. The molecule has 1 amide bonds. The fourth-order valence-corrected chi connectivity index (χ4v) is 5.44. The molecular weight excluding hydrogens is 429 g/mol. The first-order valence-electron chi connectivity index (χ1n) is 12.8. The lowest BCUT2D eigenvalue weighted by Crippen LogP contribution is -2.36. The third-order valence-corrected chi connectivity index (χ3v) is 7.64. The minimum Gasteiger partial charge on any atom is -0.494 e. The van der Waals surface area contributed by atoms with Gasteiger partial charge in [0.15, 0.2) is 0 Å². The number of nitrogens with zero attached hydrogens (tertiary/aromatic N) is 3. The standard InChI is InChI=1S/C28H36FN3O2/c1-3-4-15-34-24-10-7-21(8-11-24)28(33)30(2)23-9-12-26(25(29)16-23)32-14-13-22-18-31(19-27(22)32)17-20-5-6-20/h7-12,16,20,22,27H,3-6,13-15,17-19H2,1-2H3/t22-,27+/m1/s1. The number of carbonyl (C=O) groups excluding carboxylic acids is 1. The quantitative estimate of drug-likeness (QED) is 0.477. The van der Waals surface area contributed by atoms with E-state index < -0.39 is 0 Å². The molecule has 2 saturated heterocycles. The highest BCUT2D eigenvalue weighted by molar-refractivity contribution is 6.05. The van der Waals surface area contributed by atoms with Gasteiger partial charge in [0.05, 0.1) is 12.3 Å². The van der Waals surface area contributed by atoms with E-state index >= 15 is 4.39 Å². The molecule has 3 aliphatic rings. The molecule has 0 N–H and O–H groups in total. The van der Waals surface area contributed by atoms with Gasteiger partial charge in [0.1, 0.15) is 11.6 Å². The Bertz CT molecular complexity index is 1010. The van der Waals surface area contributed by atoms with Crippen molar-refractivity contribution in [1.29, 1.82) is 0 Å². The molecule has 1 saturated carbocycles. The molecule has 2 atom stereocenters. The van der Waals surface area contributed by atoms with E-state index in [1.807, 2.05) is 24.3 Å². The lowest BCUT2D eigenvalue weighted by Gasteiger charge is -2.28. The Kier molecular flexibility index (Phi) is 6.77. The molecule has 0 unspecified atom stereocenters. The normalized spacial score (nSPS) is 22.1. The van der Waals surface area contributed by atoms with Crippen LogP contribution in [0.25, 0.3) is 0 Å². The summed E-state index contributed by atoms with van der Waals surface area (Å²) in [4.78, 5) is 19.3. The zero-order valence-corrected chi connectivity index (χ0v) is 20.4. The number of hydrogen-bond acceptors (Lipinski definition) is 4. The van der Waals surface area contributed by atoms with Crippen molar-refractivity contribution in [1.82, 2.24) is 4.90 Å². The van der Waals surface area contributed by atoms with Crippen molar-refractivity contribution in [3.63, 3.8) is 0 Å². The van der Waals surface area contributed by atoms with Crippen molar-refractivity contribution in [2.24, 2.45) is 11.8 Å². The van der Waals surface area contributed by atoms with Crippen molar-refractivity contribution in [2.45, 2.75) is 45.1 Å². The fourth-order valence-electron chi connectivity index (χ4n) is 5.44. The van der Waals surface area contributed by atoms with Gasteiger partial charge in [-0.25, -0.2) is 4.39 Å². The molecular formula is C28H36FN3O2. The summed E-state index contributed by atoms with van der Waals surface area (Å²) in [6, 6.07) is 12.8. The van der Waals surface area contributed by atoms with E-state index in [0.29, 0.717) is 35.5 Å². The Labute approximate surface area is 202 Å². The van der Waals surface area contributed by atoms with Gasteiger partial charge in [-0.1, -0.05) is 13.3 Å². The van der Waals surface area contributed by atoms with E-state index in [1.54, 1.807) is 19.2 Å². The Morgan fingerprint density at radius 2 is 1.91 bits per heavy atom. The number of halogens is 1. The summed E-state index contributed by atoms with van der Waals surface area (Å²) < 4.78 is 21.0. The average molecular weight is 466 g/mol. The van der Waals surface area contributed by atoms with E-state index in [2.05, 4.69) is 16.7 Å². The Balaban J connectivity index is 1.24. The van der Waals surface area contributed by atoms with E-state index in [-0.39, 0.29) is 11.7 Å². The van der Waals surface area contributed by atoms with Crippen molar-refractivity contribution in [3.8, 4) is 5.75 Å². The Hall–Kier alpha value is -2.60. The minimum absolute atomic E-state index is 0.167. The molecule has 0 spiro atoms. The summed E-state index contributed by atoms with van der Waals surface area (Å²) in [5, 5.41) is 0. The molecule has 6 heteroatoms. The zero-order valence-electron chi connectivity index (χ0n) is 20.4. The van der Waals surface area contributed by atoms with Gasteiger partial charge in [0, 0.05) is 50.5 Å². The largest absolute Gasteiger partial charge is 0.494 e. The number of amides is 1. The molecule has 182 valence electrons. The molecule has 0 aromatic heterocycles. The second-order valence-electron chi connectivity index (χ2n) is 10.2. The topological polar surface area (TPSA) is 36.0 Å². The van der Waals surface area contributed by atoms with Gasteiger partial charge < -0.3 is 19.4 Å². The van der Waals surface area contributed by atoms with Crippen LogP contribution in [0.15, 0.2) is 42.5 Å². The first-order valence-corrected chi connectivity index (χ1v) is 12.8. The van der Waals surface area contributed by atoms with Gasteiger partial charge >= 0.3 is 0 Å². The smallest absolute Gasteiger partial charge is 0.258 e. The SMILES string of the molecule is CCCCOc1ccc(C(=O)N(C)c2ccc(N3CC[C@@H]4CN(CC5CC5)C[C@@H]43)c(F)c2)cc1. The van der Waals surface area contributed by atoms with Crippen LogP contribution in [0.1, 0.15) is 49.4 Å². The molecule has 5 rings (SSSR count). The number of anilines is 2. The van der Waals surface area contributed by atoms with Crippen LogP contribution >= 0.6 is 0 Å². The molecule has 2 heterocycles. The maximum atomic E-state index is 15.3. The fraction of sp³-hybridized carbons (Fsp3) is 0.536. The van der Waals surface area contributed by atoms with Crippen LogP contribution in [0.4, 0.5) is 15.8 Å².